The second-order valence-corrected chi connectivity index (χ2v) is 6.23. The zero-order chi connectivity index (χ0) is 15.4. The van der Waals surface area contributed by atoms with E-state index in [-0.39, 0.29) is 5.91 Å². The molecule has 1 fully saturated rings. The first kappa shape index (κ1) is 15.9. The molecule has 7 heteroatoms. The molecule has 1 unspecified atom stereocenters. The molecule has 0 saturated carbocycles. The van der Waals surface area contributed by atoms with E-state index in [4.69, 9.17) is 15.2 Å². The zero-order valence-electron chi connectivity index (χ0n) is 12.8. The lowest BCUT2D eigenvalue weighted by molar-refractivity contribution is 0.0576. The molecule has 1 saturated heterocycles. The zero-order valence-corrected chi connectivity index (χ0v) is 13.6. The fraction of sp³-hybridized carbons (Fsp3) is 0.643. The number of nitrogens with one attached hydrogen (secondary N) is 1. The Labute approximate surface area is 129 Å². The number of hydrogen-bond acceptors (Lipinski definition) is 6. The van der Waals surface area contributed by atoms with Crippen LogP contribution in [0.4, 0.5) is 10.7 Å². The third-order valence-electron chi connectivity index (χ3n) is 3.65. The van der Waals surface area contributed by atoms with Gasteiger partial charge >= 0.3 is 0 Å². The van der Waals surface area contributed by atoms with Crippen LogP contribution in [0.15, 0.2) is 0 Å². The van der Waals surface area contributed by atoms with E-state index in [0.29, 0.717) is 22.2 Å². The first-order chi connectivity index (χ1) is 10.1. The Morgan fingerprint density at radius 2 is 2.38 bits per heavy atom. The molecule has 1 amide bonds. The molecule has 1 atom stereocenters. The highest BCUT2D eigenvalue weighted by atomic mass is 32.1. The summed E-state index contributed by atoms with van der Waals surface area (Å²) < 4.78 is 10.9. The van der Waals surface area contributed by atoms with Crippen LogP contribution < -0.4 is 20.7 Å². The first-order valence-corrected chi connectivity index (χ1v) is 7.87. The summed E-state index contributed by atoms with van der Waals surface area (Å²) in [5.74, 6) is 0.898. The number of amides is 1. The number of methoxy groups -OCH3 is 1. The summed E-state index contributed by atoms with van der Waals surface area (Å²) in [6, 6.07) is 0. The molecule has 118 valence electrons. The Morgan fingerprint density at radius 1 is 1.62 bits per heavy atom. The van der Waals surface area contributed by atoms with Gasteiger partial charge in [0.2, 0.25) is 0 Å². The summed E-state index contributed by atoms with van der Waals surface area (Å²) in [5, 5.41) is 3.49. The van der Waals surface area contributed by atoms with Crippen molar-refractivity contribution in [2.75, 3.05) is 51.6 Å². The number of nitrogens with two attached hydrogens (primary N) is 1. The minimum atomic E-state index is -0.184. The maximum atomic E-state index is 11.9. The summed E-state index contributed by atoms with van der Waals surface area (Å²) in [6.07, 6.45) is 2.27. The van der Waals surface area contributed by atoms with Crippen LogP contribution >= 0.6 is 11.3 Å². The van der Waals surface area contributed by atoms with E-state index in [1.165, 1.54) is 11.3 Å². The molecule has 0 aliphatic carbocycles. The standard InChI is InChI=1S/C14H23N3O3S/c1-16-13(18)12-10(15)11(19-3)14(21-12)17(2)7-9-5-4-6-20-8-9/h9H,4-8,15H2,1-3H3,(H,16,18). The number of hydrogen-bond donors (Lipinski definition) is 2. The average Bonchev–Trinajstić information content (AvgIpc) is 2.84. The van der Waals surface area contributed by atoms with E-state index in [9.17, 15) is 4.79 Å². The number of nitrogen functional groups attached to an aromatic ring is 1. The molecule has 1 aromatic rings. The van der Waals surface area contributed by atoms with Gasteiger partial charge in [0.05, 0.1) is 13.7 Å². The van der Waals surface area contributed by atoms with Crippen molar-refractivity contribution in [1.82, 2.24) is 5.32 Å². The third-order valence-corrected chi connectivity index (χ3v) is 4.95. The average molecular weight is 313 g/mol. The molecule has 2 rings (SSSR count). The molecule has 21 heavy (non-hydrogen) atoms. The van der Waals surface area contributed by atoms with Crippen molar-refractivity contribution in [3.63, 3.8) is 0 Å². The Bertz CT molecular complexity index is 498. The fourth-order valence-electron chi connectivity index (χ4n) is 2.57. The summed E-state index contributed by atoms with van der Waals surface area (Å²) in [6.45, 7) is 2.51. The lowest BCUT2D eigenvalue weighted by Gasteiger charge is -2.27. The fourth-order valence-corrected chi connectivity index (χ4v) is 3.68. The smallest absolute Gasteiger partial charge is 0.263 e. The first-order valence-electron chi connectivity index (χ1n) is 7.05. The molecule has 2 heterocycles. The van der Waals surface area contributed by atoms with Crippen LogP contribution in [0.1, 0.15) is 22.5 Å². The topological polar surface area (TPSA) is 76.8 Å². The minimum Gasteiger partial charge on any atom is -0.492 e. The number of anilines is 2. The number of carbonyl (C=O) groups excluding carboxylic acids is 1. The normalized spacial score (nSPS) is 18.3. The number of nitrogens with zero attached hydrogens (tertiary/aromatic N) is 1. The van der Waals surface area contributed by atoms with E-state index in [1.807, 2.05) is 7.05 Å². The molecule has 0 radical (unpaired) electrons. The van der Waals surface area contributed by atoms with Gasteiger partial charge in [0.25, 0.3) is 5.91 Å². The third kappa shape index (κ3) is 3.41. The molecular formula is C14H23N3O3S. The highest BCUT2D eigenvalue weighted by molar-refractivity contribution is 7.19. The second kappa shape index (κ2) is 7.00. The number of rotatable bonds is 5. The molecular weight excluding hydrogens is 290 g/mol. The van der Waals surface area contributed by atoms with Crippen molar-refractivity contribution < 1.29 is 14.3 Å². The Balaban J connectivity index is 2.19. The van der Waals surface area contributed by atoms with Crippen molar-refractivity contribution in [2.45, 2.75) is 12.8 Å². The van der Waals surface area contributed by atoms with Gasteiger partial charge in [-0.3, -0.25) is 4.79 Å². The maximum absolute atomic E-state index is 11.9. The Kier molecular flexibility index (Phi) is 5.30. The predicted octanol–water partition coefficient (Wildman–Crippen LogP) is 1.56. The molecule has 1 aliphatic heterocycles. The lowest BCUT2D eigenvalue weighted by Crippen LogP contribution is -2.30. The van der Waals surface area contributed by atoms with E-state index >= 15 is 0 Å². The van der Waals surface area contributed by atoms with Gasteiger partial charge in [0.1, 0.15) is 15.6 Å². The van der Waals surface area contributed by atoms with Crippen LogP contribution in [0.2, 0.25) is 0 Å². The minimum absolute atomic E-state index is 0.184. The van der Waals surface area contributed by atoms with E-state index in [0.717, 1.165) is 37.6 Å². The molecule has 1 aromatic heterocycles. The van der Waals surface area contributed by atoms with Gasteiger partial charge in [-0.05, 0) is 18.8 Å². The van der Waals surface area contributed by atoms with Crippen molar-refractivity contribution in [3.8, 4) is 5.75 Å². The summed E-state index contributed by atoms with van der Waals surface area (Å²) >= 11 is 1.36. The van der Waals surface area contributed by atoms with E-state index < -0.39 is 0 Å². The molecule has 6 nitrogen and oxygen atoms in total. The van der Waals surface area contributed by atoms with Gasteiger partial charge in [-0.1, -0.05) is 0 Å². The summed E-state index contributed by atoms with van der Waals surface area (Å²) in [4.78, 5) is 14.5. The molecule has 0 aromatic carbocycles. The summed E-state index contributed by atoms with van der Waals surface area (Å²) in [7, 11) is 5.17. The second-order valence-electron chi connectivity index (χ2n) is 5.23. The van der Waals surface area contributed by atoms with Crippen molar-refractivity contribution in [1.29, 1.82) is 0 Å². The van der Waals surface area contributed by atoms with Crippen LogP contribution in [-0.4, -0.2) is 46.9 Å². The van der Waals surface area contributed by atoms with Crippen molar-refractivity contribution >= 4 is 27.9 Å². The lowest BCUT2D eigenvalue weighted by atomic mass is 10.0. The van der Waals surface area contributed by atoms with Gasteiger partial charge in [0.15, 0.2) is 5.75 Å². The molecule has 3 N–H and O–H groups in total. The largest absolute Gasteiger partial charge is 0.492 e. The summed E-state index contributed by atoms with van der Waals surface area (Å²) in [5.41, 5.74) is 6.44. The van der Waals surface area contributed by atoms with Gasteiger partial charge < -0.3 is 25.4 Å². The van der Waals surface area contributed by atoms with Crippen LogP contribution in [0.5, 0.6) is 5.75 Å². The van der Waals surface area contributed by atoms with Crippen molar-refractivity contribution in [2.24, 2.45) is 5.92 Å². The highest BCUT2D eigenvalue weighted by Crippen LogP contribution is 2.44. The number of thiophene rings is 1. The van der Waals surface area contributed by atoms with Crippen molar-refractivity contribution in [3.05, 3.63) is 4.88 Å². The van der Waals surface area contributed by atoms with Crippen LogP contribution in [0.3, 0.4) is 0 Å². The number of ether oxygens (including phenoxy) is 2. The van der Waals surface area contributed by atoms with Gasteiger partial charge in [-0.2, -0.15) is 0 Å². The van der Waals surface area contributed by atoms with E-state index in [2.05, 4.69) is 10.2 Å². The highest BCUT2D eigenvalue weighted by Gasteiger charge is 2.25. The predicted molar refractivity (Wildman–Crippen MR) is 85.5 cm³/mol. The monoisotopic (exact) mass is 313 g/mol. The van der Waals surface area contributed by atoms with E-state index in [1.54, 1.807) is 14.2 Å². The Morgan fingerprint density at radius 3 is 2.95 bits per heavy atom. The van der Waals surface area contributed by atoms with Crippen LogP contribution in [-0.2, 0) is 4.74 Å². The van der Waals surface area contributed by atoms with Gasteiger partial charge in [-0.15, -0.1) is 11.3 Å². The SMILES string of the molecule is CNC(=O)c1sc(N(C)CC2CCCOC2)c(OC)c1N. The van der Waals surface area contributed by atoms with Crippen LogP contribution in [0.25, 0.3) is 0 Å². The molecule has 0 bridgehead atoms. The quantitative estimate of drug-likeness (QED) is 0.863. The maximum Gasteiger partial charge on any atom is 0.263 e. The Hall–Kier alpha value is -1.47. The van der Waals surface area contributed by atoms with Gasteiger partial charge in [0, 0.05) is 27.2 Å². The molecule has 1 aliphatic rings. The number of carbonyl (C=O) groups is 1. The van der Waals surface area contributed by atoms with Crippen LogP contribution in [0, 0.1) is 5.92 Å². The van der Waals surface area contributed by atoms with Gasteiger partial charge in [-0.25, -0.2) is 0 Å². The molecule has 0 spiro atoms.